The van der Waals surface area contributed by atoms with E-state index in [4.69, 9.17) is 5.73 Å². The van der Waals surface area contributed by atoms with Gasteiger partial charge < -0.3 is 10.6 Å². The van der Waals surface area contributed by atoms with Crippen molar-refractivity contribution in [2.45, 2.75) is 39.8 Å². The summed E-state index contributed by atoms with van der Waals surface area (Å²) in [5, 5.41) is 0. The molecule has 0 saturated carbocycles. The van der Waals surface area contributed by atoms with Gasteiger partial charge >= 0.3 is 0 Å². The molecular weight excluding hydrogens is 212 g/mol. The van der Waals surface area contributed by atoms with Crippen LogP contribution in [0.25, 0.3) is 0 Å². The molecule has 1 atom stereocenters. The standard InChI is InChI=1S/C14H20N2O/c1-3-10(2)6-14(17)16-8-11-4-5-13(15)7-12(11)9-16/h4-5,7,10H,3,6,8-9,15H2,1-2H3. The highest BCUT2D eigenvalue weighted by molar-refractivity contribution is 5.77. The predicted molar refractivity (Wildman–Crippen MR) is 69.2 cm³/mol. The van der Waals surface area contributed by atoms with Crippen molar-refractivity contribution in [3.63, 3.8) is 0 Å². The van der Waals surface area contributed by atoms with Crippen LogP contribution in [0.4, 0.5) is 5.69 Å². The molecule has 2 N–H and O–H groups in total. The Bertz CT molecular complexity index is 428. The van der Waals surface area contributed by atoms with E-state index in [9.17, 15) is 4.79 Å². The molecule has 0 aliphatic carbocycles. The van der Waals surface area contributed by atoms with Gasteiger partial charge in [0, 0.05) is 25.2 Å². The number of anilines is 1. The van der Waals surface area contributed by atoms with Crippen LogP contribution < -0.4 is 5.73 Å². The van der Waals surface area contributed by atoms with Crippen molar-refractivity contribution in [1.82, 2.24) is 4.90 Å². The van der Waals surface area contributed by atoms with E-state index in [2.05, 4.69) is 13.8 Å². The lowest BCUT2D eigenvalue weighted by Crippen LogP contribution is -2.26. The van der Waals surface area contributed by atoms with Crippen LogP contribution in [0.15, 0.2) is 18.2 Å². The highest BCUT2D eigenvalue weighted by atomic mass is 16.2. The number of hydrogen-bond donors (Lipinski definition) is 1. The Hall–Kier alpha value is -1.51. The van der Waals surface area contributed by atoms with E-state index in [1.54, 1.807) is 0 Å². The van der Waals surface area contributed by atoms with E-state index in [-0.39, 0.29) is 5.91 Å². The van der Waals surface area contributed by atoms with Crippen LogP contribution in [0.1, 0.15) is 37.8 Å². The van der Waals surface area contributed by atoms with Crippen LogP contribution in [0.2, 0.25) is 0 Å². The lowest BCUT2D eigenvalue weighted by molar-refractivity contribution is -0.132. The lowest BCUT2D eigenvalue weighted by atomic mass is 10.0. The molecule has 1 aliphatic heterocycles. The van der Waals surface area contributed by atoms with Crippen LogP contribution in [-0.2, 0) is 17.9 Å². The summed E-state index contributed by atoms with van der Waals surface area (Å²) in [6, 6.07) is 5.91. The largest absolute Gasteiger partial charge is 0.399 e. The average Bonchev–Trinajstić information content (AvgIpc) is 2.71. The fraction of sp³-hybridized carbons (Fsp3) is 0.500. The van der Waals surface area contributed by atoms with E-state index in [1.807, 2.05) is 23.1 Å². The van der Waals surface area contributed by atoms with Crippen molar-refractivity contribution >= 4 is 11.6 Å². The van der Waals surface area contributed by atoms with Gasteiger partial charge in [-0.2, -0.15) is 0 Å². The molecule has 2 rings (SSSR count). The third-order valence-corrected chi connectivity index (χ3v) is 3.53. The number of nitrogens with zero attached hydrogens (tertiary/aromatic N) is 1. The summed E-state index contributed by atoms with van der Waals surface area (Å²) >= 11 is 0. The molecule has 0 radical (unpaired) electrons. The highest BCUT2D eigenvalue weighted by Gasteiger charge is 2.23. The van der Waals surface area contributed by atoms with Crippen LogP contribution in [0, 0.1) is 5.92 Å². The second kappa shape index (κ2) is 4.78. The van der Waals surface area contributed by atoms with Crippen LogP contribution in [0.5, 0.6) is 0 Å². The first-order valence-corrected chi connectivity index (χ1v) is 6.25. The van der Waals surface area contributed by atoms with E-state index < -0.39 is 0 Å². The van der Waals surface area contributed by atoms with Gasteiger partial charge in [0.25, 0.3) is 0 Å². The van der Waals surface area contributed by atoms with Crippen molar-refractivity contribution in [2.75, 3.05) is 5.73 Å². The van der Waals surface area contributed by atoms with Gasteiger partial charge in [0.05, 0.1) is 0 Å². The number of nitrogens with two attached hydrogens (primary N) is 1. The van der Waals surface area contributed by atoms with E-state index in [1.165, 1.54) is 11.1 Å². The maximum Gasteiger partial charge on any atom is 0.223 e. The van der Waals surface area contributed by atoms with Gasteiger partial charge in [-0.05, 0) is 29.2 Å². The lowest BCUT2D eigenvalue weighted by Gasteiger charge is -2.17. The van der Waals surface area contributed by atoms with Gasteiger partial charge in [0.2, 0.25) is 5.91 Å². The van der Waals surface area contributed by atoms with Crippen molar-refractivity contribution in [2.24, 2.45) is 5.92 Å². The Balaban J connectivity index is 2.02. The maximum atomic E-state index is 12.1. The summed E-state index contributed by atoms with van der Waals surface area (Å²) in [4.78, 5) is 14.0. The summed E-state index contributed by atoms with van der Waals surface area (Å²) in [5.41, 5.74) is 8.96. The monoisotopic (exact) mass is 232 g/mol. The fourth-order valence-corrected chi connectivity index (χ4v) is 2.16. The van der Waals surface area contributed by atoms with Crippen LogP contribution >= 0.6 is 0 Å². The summed E-state index contributed by atoms with van der Waals surface area (Å²) in [6.45, 7) is 5.71. The quantitative estimate of drug-likeness (QED) is 0.814. The second-order valence-corrected chi connectivity index (χ2v) is 5.00. The predicted octanol–water partition coefficient (Wildman–Crippen LogP) is 2.55. The molecule has 0 saturated heterocycles. The number of fused-ring (bicyclic) bond motifs is 1. The molecule has 0 bridgehead atoms. The first-order chi connectivity index (χ1) is 8.10. The molecule has 0 aromatic heterocycles. The summed E-state index contributed by atoms with van der Waals surface area (Å²) in [6.07, 6.45) is 1.71. The Morgan fingerprint density at radius 2 is 2.12 bits per heavy atom. The first-order valence-electron chi connectivity index (χ1n) is 6.25. The third kappa shape index (κ3) is 2.60. The molecule has 1 heterocycles. The molecule has 1 aliphatic rings. The molecule has 3 heteroatoms. The zero-order valence-corrected chi connectivity index (χ0v) is 10.6. The van der Waals surface area contributed by atoms with Crippen molar-refractivity contribution in [3.05, 3.63) is 29.3 Å². The number of hydrogen-bond acceptors (Lipinski definition) is 2. The van der Waals surface area contributed by atoms with Gasteiger partial charge in [-0.1, -0.05) is 26.3 Å². The normalized spacial score (nSPS) is 15.8. The molecule has 1 aromatic carbocycles. The molecule has 0 fully saturated rings. The maximum absolute atomic E-state index is 12.1. The number of nitrogen functional groups attached to an aromatic ring is 1. The summed E-state index contributed by atoms with van der Waals surface area (Å²) in [5.74, 6) is 0.727. The Kier molecular flexibility index (Phi) is 3.36. The smallest absolute Gasteiger partial charge is 0.223 e. The molecule has 0 spiro atoms. The number of carbonyl (C=O) groups excluding carboxylic acids is 1. The molecule has 3 nitrogen and oxygen atoms in total. The summed E-state index contributed by atoms with van der Waals surface area (Å²) < 4.78 is 0. The van der Waals surface area contributed by atoms with Gasteiger partial charge in [0.15, 0.2) is 0 Å². The number of carbonyl (C=O) groups is 1. The number of amides is 1. The van der Waals surface area contributed by atoms with E-state index in [0.717, 1.165) is 25.2 Å². The van der Waals surface area contributed by atoms with Crippen molar-refractivity contribution in [1.29, 1.82) is 0 Å². The minimum absolute atomic E-state index is 0.258. The van der Waals surface area contributed by atoms with Gasteiger partial charge in [-0.25, -0.2) is 0 Å². The Morgan fingerprint density at radius 1 is 1.41 bits per heavy atom. The number of rotatable bonds is 3. The summed E-state index contributed by atoms with van der Waals surface area (Å²) in [7, 11) is 0. The molecule has 1 aromatic rings. The Labute approximate surface area is 103 Å². The SMILES string of the molecule is CCC(C)CC(=O)N1Cc2ccc(N)cc2C1. The minimum Gasteiger partial charge on any atom is -0.399 e. The number of benzene rings is 1. The van der Waals surface area contributed by atoms with Gasteiger partial charge in [-0.15, -0.1) is 0 Å². The first kappa shape index (κ1) is 12.0. The van der Waals surface area contributed by atoms with Crippen molar-refractivity contribution in [3.8, 4) is 0 Å². The second-order valence-electron chi connectivity index (χ2n) is 5.00. The molecule has 1 unspecified atom stereocenters. The molecule has 92 valence electrons. The van der Waals surface area contributed by atoms with Gasteiger partial charge in [0.1, 0.15) is 0 Å². The van der Waals surface area contributed by atoms with E-state index >= 15 is 0 Å². The third-order valence-electron chi connectivity index (χ3n) is 3.53. The molecule has 1 amide bonds. The average molecular weight is 232 g/mol. The van der Waals surface area contributed by atoms with Gasteiger partial charge in [-0.3, -0.25) is 4.79 Å². The fourth-order valence-electron chi connectivity index (χ4n) is 2.16. The molecule has 17 heavy (non-hydrogen) atoms. The Morgan fingerprint density at radius 3 is 2.82 bits per heavy atom. The minimum atomic E-state index is 0.258. The van der Waals surface area contributed by atoms with Crippen LogP contribution in [-0.4, -0.2) is 10.8 Å². The zero-order valence-electron chi connectivity index (χ0n) is 10.6. The molecular formula is C14H20N2O. The topological polar surface area (TPSA) is 46.3 Å². The zero-order chi connectivity index (χ0) is 12.4. The van der Waals surface area contributed by atoms with E-state index in [0.29, 0.717) is 12.3 Å². The van der Waals surface area contributed by atoms with Crippen LogP contribution in [0.3, 0.4) is 0 Å². The highest BCUT2D eigenvalue weighted by Crippen LogP contribution is 2.25. The van der Waals surface area contributed by atoms with Crippen molar-refractivity contribution < 1.29 is 4.79 Å².